The summed E-state index contributed by atoms with van der Waals surface area (Å²) >= 11 is 0. The summed E-state index contributed by atoms with van der Waals surface area (Å²) in [7, 11) is 1.66. The number of ether oxygens (including phenoxy) is 2. The zero-order valence-corrected chi connectivity index (χ0v) is 9.03. The molecule has 0 atom stereocenters. The summed E-state index contributed by atoms with van der Waals surface area (Å²) in [6.07, 6.45) is 0. The van der Waals surface area contributed by atoms with Gasteiger partial charge in [0.15, 0.2) is 0 Å². The molecule has 0 saturated carbocycles. The normalized spacial score (nSPS) is 10.0. The third-order valence-electron chi connectivity index (χ3n) is 1.88. The van der Waals surface area contributed by atoms with E-state index in [0.29, 0.717) is 19.8 Å². The quantitative estimate of drug-likeness (QED) is 0.661. The number of nitrogens with two attached hydrogens (primary N) is 1. The minimum absolute atomic E-state index is 0.575. The van der Waals surface area contributed by atoms with E-state index in [1.807, 2.05) is 24.3 Å². The lowest BCUT2D eigenvalue weighted by atomic mass is 10.3. The van der Waals surface area contributed by atoms with Crippen molar-refractivity contribution in [2.75, 3.05) is 38.7 Å². The van der Waals surface area contributed by atoms with E-state index in [0.717, 1.165) is 18.0 Å². The molecule has 4 heteroatoms. The van der Waals surface area contributed by atoms with Gasteiger partial charge >= 0.3 is 0 Å². The summed E-state index contributed by atoms with van der Waals surface area (Å²) in [5.41, 5.74) is 6.44. The Morgan fingerprint density at radius 2 is 1.93 bits per heavy atom. The standard InChI is InChI=1S/C11H18N2O2/c1-14-8-9-15-11-4-2-10(3-5-11)13-7-6-12/h2-5,13H,6-9,12H2,1H3. The second-order valence-electron chi connectivity index (χ2n) is 3.08. The summed E-state index contributed by atoms with van der Waals surface area (Å²) < 4.78 is 10.3. The third-order valence-corrected chi connectivity index (χ3v) is 1.88. The Labute approximate surface area is 90.4 Å². The highest BCUT2D eigenvalue weighted by Crippen LogP contribution is 2.15. The smallest absolute Gasteiger partial charge is 0.119 e. The first kappa shape index (κ1) is 11.8. The second kappa shape index (κ2) is 7.09. The molecule has 0 amide bonds. The van der Waals surface area contributed by atoms with Gasteiger partial charge in [-0.2, -0.15) is 0 Å². The highest BCUT2D eigenvalue weighted by atomic mass is 16.5. The monoisotopic (exact) mass is 210 g/mol. The van der Waals surface area contributed by atoms with Crippen LogP contribution in [0.3, 0.4) is 0 Å². The fourth-order valence-electron chi connectivity index (χ4n) is 1.13. The van der Waals surface area contributed by atoms with Gasteiger partial charge in [-0.05, 0) is 24.3 Å². The van der Waals surface area contributed by atoms with Crippen LogP contribution >= 0.6 is 0 Å². The van der Waals surface area contributed by atoms with Crippen LogP contribution in [0.25, 0.3) is 0 Å². The van der Waals surface area contributed by atoms with E-state index in [1.165, 1.54) is 0 Å². The molecule has 0 bridgehead atoms. The Kier molecular flexibility index (Phi) is 5.58. The van der Waals surface area contributed by atoms with Gasteiger partial charge in [-0.15, -0.1) is 0 Å². The number of rotatable bonds is 7. The molecule has 1 aromatic carbocycles. The molecule has 0 radical (unpaired) electrons. The fourth-order valence-corrected chi connectivity index (χ4v) is 1.13. The maximum atomic E-state index is 5.43. The predicted molar refractivity (Wildman–Crippen MR) is 61.4 cm³/mol. The average molecular weight is 210 g/mol. The molecule has 0 aliphatic carbocycles. The molecular weight excluding hydrogens is 192 g/mol. The van der Waals surface area contributed by atoms with Crippen LogP contribution in [0, 0.1) is 0 Å². The molecule has 3 N–H and O–H groups in total. The Balaban J connectivity index is 2.35. The van der Waals surface area contributed by atoms with Gasteiger partial charge < -0.3 is 20.5 Å². The van der Waals surface area contributed by atoms with Crippen molar-refractivity contribution >= 4 is 5.69 Å². The predicted octanol–water partition coefficient (Wildman–Crippen LogP) is 1.08. The van der Waals surface area contributed by atoms with Crippen LogP contribution in [0.2, 0.25) is 0 Å². The highest BCUT2D eigenvalue weighted by molar-refractivity contribution is 5.46. The van der Waals surface area contributed by atoms with Crippen molar-refractivity contribution in [2.24, 2.45) is 5.73 Å². The van der Waals surface area contributed by atoms with Crippen molar-refractivity contribution in [3.8, 4) is 5.75 Å². The molecule has 0 unspecified atom stereocenters. The van der Waals surface area contributed by atoms with Gasteiger partial charge in [0.25, 0.3) is 0 Å². The van der Waals surface area contributed by atoms with Gasteiger partial charge in [-0.1, -0.05) is 0 Å². The van der Waals surface area contributed by atoms with Crippen LogP contribution in [0.5, 0.6) is 5.75 Å². The van der Waals surface area contributed by atoms with E-state index in [-0.39, 0.29) is 0 Å². The molecule has 0 fully saturated rings. The molecule has 0 aromatic heterocycles. The van der Waals surface area contributed by atoms with E-state index in [2.05, 4.69) is 5.32 Å². The van der Waals surface area contributed by atoms with Crippen LogP contribution in [0.15, 0.2) is 24.3 Å². The number of hydrogen-bond acceptors (Lipinski definition) is 4. The second-order valence-corrected chi connectivity index (χ2v) is 3.08. The number of anilines is 1. The summed E-state index contributed by atoms with van der Waals surface area (Å²) in [6.45, 7) is 2.59. The first-order valence-electron chi connectivity index (χ1n) is 5.02. The van der Waals surface area contributed by atoms with Crippen LogP contribution in [0.4, 0.5) is 5.69 Å². The van der Waals surface area contributed by atoms with Crippen molar-refractivity contribution in [1.29, 1.82) is 0 Å². The summed E-state index contributed by atoms with van der Waals surface area (Å²) in [6, 6.07) is 7.79. The Morgan fingerprint density at radius 1 is 1.20 bits per heavy atom. The Bertz CT molecular complexity index is 262. The van der Waals surface area contributed by atoms with Gasteiger partial charge in [-0.25, -0.2) is 0 Å². The Hall–Kier alpha value is -1.26. The number of hydrogen-bond donors (Lipinski definition) is 2. The van der Waals surface area contributed by atoms with Crippen LogP contribution in [-0.2, 0) is 4.74 Å². The van der Waals surface area contributed by atoms with Crippen molar-refractivity contribution in [2.45, 2.75) is 0 Å². The summed E-state index contributed by atoms with van der Waals surface area (Å²) in [5.74, 6) is 0.852. The highest BCUT2D eigenvalue weighted by Gasteiger charge is 1.94. The van der Waals surface area contributed by atoms with Gasteiger partial charge in [0.05, 0.1) is 6.61 Å². The Morgan fingerprint density at radius 3 is 2.53 bits per heavy atom. The lowest BCUT2D eigenvalue weighted by molar-refractivity contribution is 0.146. The first-order valence-corrected chi connectivity index (χ1v) is 5.02. The van der Waals surface area contributed by atoms with Gasteiger partial charge in [-0.3, -0.25) is 0 Å². The van der Waals surface area contributed by atoms with E-state index < -0.39 is 0 Å². The van der Waals surface area contributed by atoms with Crippen LogP contribution in [0.1, 0.15) is 0 Å². The molecule has 0 spiro atoms. The van der Waals surface area contributed by atoms with Crippen LogP contribution in [-0.4, -0.2) is 33.4 Å². The SMILES string of the molecule is COCCOc1ccc(NCCN)cc1. The molecule has 1 rings (SSSR count). The molecule has 15 heavy (non-hydrogen) atoms. The lowest BCUT2D eigenvalue weighted by Gasteiger charge is -2.07. The zero-order valence-electron chi connectivity index (χ0n) is 9.03. The minimum atomic E-state index is 0.575. The minimum Gasteiger partial charge on any atom is -0.491 e. The summed E-state index contributed by atoms with van der Waals surface area (Å²) in [5, 5.41) is 3.18. The van der Waals surface area contributed by atoms with Crippen molar-refractivity contribution in [1.82, 2.24) is 0 Å². The molecule has 0 saturated heterocycles. The first-order chi connectivity index (χ1) is 7.36. The largest absolute Gasteiger partial charge is 0.491 e. The van der Waals surface area contributed by atoms with Crippen LogP contribution < -0.4 is 15.8 Å². The van der Waals surface area contributed by atoms with Gasteiger partial charge in [0.1, 0.15) is 12.4 Å². The maximum Gasteiger partial charge on any atom is 0.119 e. The molecule has 4 nitrogen and oxygen atoms in total. The van der Waals surface area contributed by atoms with E-state index in [1.54, 1.807) is 7.11 Å². The third kappa shape index (κ3) is 4.67. The van der Waals surface area contributed by atoms with Gasteiger partial charge in [0.2, 0.25) is 0 Å². The van der Waals surface area contributed by atoms with E-state index in [4.69, 9.17) is 15.2 Å². The van der Waals surface area contributed by atoms with Crippen molar-refractivity contribution in [3.63, 3.8) is 0 Å². The molecular formula is C11H18N2O2. The average Bonchev–Trinajstić information content (AvgIpc) is 2.28. The molecule has 0 aliphatic rings. The fraction of sp³-hybridized carbons (Fsp3) is 0.455. The van der Waals surface area contributed by atoms with Gasteiger partial charge in [0, 0.05) is 25.9 Å². The molecule has 1 aromatic rings. The number of nitrogens with one attached hydrogen (secondary N) is 1. The zero-order chi connectivity index (χ0) is 10.9. The maximum absolute atomic E-state index is 5.43. The van der Waals surface area contributed by atoms with E-state index in [9.17, 15) is 0 Å². The van der Waals surface area contributed by atoms with E-state index >= 15 is 0 Å². The molecule has 84 valence electrons. The molecule has 0 aliphatic heterocycles. The number of methoxy groups -OCH3 is 1. The topological polar surface area (TPSA) is 56.5 Å². The summed E-state index contributed by atoms with van der Waals surface area (Å²) in [4.78, 5) is 0. The van der Waals surface area contributed by atoms with Crippen molar-refractivity contribution in [3.05, 3.63) is 24.3 Å². The van der Waals surface area contributed by atoms with Crippen molar-refractivity contribution < 1.29 is 9.47 Å². The number of benzene rings is 1. The lowest BCUT2D eigenvalue weighted by Crippen LogP contribution is -2.12. The molecule has 0 heterocycles.